The molecule has 0 radical (unpaired) electrons. The maximum Gasteiger partial charge on any atom is 0.261 e. The van der Waals surface area contributed by atoms with Crippen LogP contribution in [0.3, 0.4) is 0 Å². The van der Waals surface area contributed by atoms with Gasteiger partial charge in [0.1, 0.15) is 11.6 Å². The molecule has 1 fully saturated rings. The lowest BCUT2D eigenvalue weighted by Crippen LogP contribution is -2.58. The number of nitrogens with zero attached hydrogens (tertiary/aromatic N) is 2. The van der Waals surface area contributed by atoms with E-state index in [-0.39, 0.29) is 22.9 Å². The van der Waals surface area contributed by atoms with Gasteiger partial charge in [-0.2, -0.15) is 0 Å². The molecule has 3 aromatic rings. The predicted molar refractivity (Wildman–Crippen MR) is 127 cm³/mol. The summed E-state index contributed by atoms with van der Waals surface area (Å²) in [5.74, 6) is -0.468. The van der Waals surface area contributed by atoms with Gasteiger partial charge in [-0.3, -0.25) is 14.4 Å². The third kappa shape index (κ3) is 3.97. The molecule has 2 aromatic carbocycles. The molecular weight excluding hydrogens is 414 g/mol. The Morgan fingerprint density at radius 2 is 1.76 bits per heavy atom. The summed E-state index contributed by atoms with van der Waals surface area (Å²) in [5, 5.41) is 0. The van der Waals surface area contributed by atoms with Gasteiger partial charge < -0.3 is 14.8 Å². The number of likely N-dealkylation sites (N-methyl/N-ethyl adjacent to an activating group) is 1. The molecule has 0 bridgehead atoms. The van der Waals surface area contributed by atoms with E-state index in [1.165, 1.54) is 0 Å². The van der Waals surface area contributed by atoms with E-state index in [0.717, 1.165) is 47.2 Å². The monoisotopic (exact) mass is 441 g/mol. The fourth-order valence-corrected chi connectivity index (χ4v) is 4.98. The number of carbonyl (C=O) groups is 2. The van der Waals surface area contributed by atoms with E-state index < -0.39 is 6.04 Å². The van der Waals surface area contributed by atoms with Crippen molar-refractivity contribution in [3.63, 3.8) is 0 Å². The number of nitrogens with one attached hydrogen (secondary N) is 1. The Kier molecular flexibility index (Phi) is 5.58. The van der Waals surface area contributed by atoms with Gasteiger partial charge >= 0.3 is 0 Å². The quantitative estimate of drug-likeness (QED) is 0.676. The molecule has 2 amide bonds. The molecule has 2 heterocycles. The number of rotatable bonds is 4. The summed E-state index contributed by atoms with van der Waals surface area (Å²) in [7, 11) is 1.77. The summed E-state index contributed by atoms with van der Waals surface area (Å²) in [5.41, 5.74) is 4.84. The zero-order valence-corrected chi connectivity index (χ0v) is 18.7. The largest absolute Gasteiger partial charge is 0.342 e. The third-order valence-electron chi connectivity index (χ3n) is 6.81. The Hall–Kier alpha value is -3.67. The first-order valence-electron chi connectivity index (χ1n) is 11.5. The molecule has 0 spiro atoms. The minimum absolute atomic E-state index is 0.102. The normalized spacial score (nSPS) is 17.8. The number of carbonyl (C=O) groups excluding carboxylic acids is 2. The van der Waals surface area contributed by atoms with E-state index in [1.54, 1.807) is 22.9 Å². The first kappa shape index (κ1) is 21.2. The second-order valence-corrected chi connectivity index (χ2v) is 8.87. The molecule has 0 saturated carbocycles. The van der Waals surface area contributed by atoms with Gasteiger partial charge in [-0.25, -0.2) is 0 Å². The zero-order chi connectivity index (χ0) is 22.9. The average Bonchev–Trinajstić information content (AvgIpc) is 3.29. The van der Waals surface area contributed by atoms with Crippen molar-refractivity contribution in [2.75, 3.05) is 20.1 Å². The molecule has 0 unspecified atom stereocenters. The number of hydrogen-bond donors (Lipinski definition) is 1. The number of benzene rings is 2. The van der Waals surface area contributed by atoms with Crippen LogP contribution in [-0.4, -0.2) is 52.8 Å². The molecule has 1 saturated heterocycles. The van der Waals surface area contributed by atoms with Crippen LogP contribution in [0.15, 0.2) is 65.5 Å². The number of aromatic amines is 1. The van der Waals surface area contributed by atoms with Crippen LogP contribution in [0, 0.1) is 0 Å². The average molecular weight is 442 g/mol. The number of hydrogen-bond acceptors (Lipinski definition) is 3. The van der Waals surface area contributed by atoms with Crippen LogP contribution in [0.1, 0.15) is 33.6 Å². The molecule has 1 aliphatic heterocycles. The minimum Gasteiger partial charge on any atom is -0.342 e. The van der Waals surface area contributed by atoms with Gasteiger partial charge in [0.15, 0.2) is 0 Å². The second kappa shape index (κ2) is 8.70. The van der Waals surface area contributed by atoms with Crippen LogP contribution in [-0.2, 0) is 24.1 Å². The van der Waals surface area contributed by atoms with E-state index in [2.05, 4.69) is 4.98 Å². The van der Waals surface area contributed by atoms with Gasteiger partial charge in [0.2, 0.25) is 5.91 Å². The maximum atomic E-state index is 13.6. The van der Waals surface area contributed by atoms with Crippen LogP contribution in [0.4, 0.5) is 0 Å². The molecule has 33 heavy (non-hydrogen) atoms. The van der Waals surface area contributed by atoms with E-state index in [4.69, 9.17) is 0 Å². The first-order valence-corrected chi connectivity index (χ1v) is 11.5. The van der Waals surface area contributed by atoms with Gasteiger partial charge in [-0.1, -0.05) is 54.6 Å². The van der Waals surface area contributed by atoms with Crippen LogP contribution in [0.5, 0.6) is 0 Å². The van der Waals surface area contributed by atoms with Crippen molar-refractivity contribution in [2.24, 2.45) is 0 Å². The van der Waals surface area contributed by atoms with E-state index >= 15 is 0 Å². The lowest BCUT2D eigenvalue weighted by atomic mass is 9.93. The van der Waals surface area contributed by atoms with Crippen molar-refractivity contribution in [1.82, 2.24) is 14.8 Å². The van der Waals surface area contributed by atoms with Crippen molar-refractivity contribution >= 4 is 11.8 Å². The smallest absolute Gasteiger partial charge is 0.261 e. The molecule has 1 N–H and O–H groups in total. The molecule has 2 aliphatic rings. The highest BCUT2D eigenvalue weighted by Gasteiger charge is 2.37. The lowest BCUT2D eigenvalue weighted by molar-refractivity contribution is -0.138. The molecule has 168 valence electrons. The van der Waals surface area contributed by atoms with Gasteiger partial charge in [0.05, 0.1) is 0 Å². The number of H-pyrrole nitrogens is 1. The fraction of sp³-hybridized carbons (Fsp3) is 0.296. The number of amides is 2. The zero-order valence-electron chi connectivity index (χ0n) is 18.7. The third-order valence-corrected chi connectivity index (χ3v) is 6.81. The molecule has 1 aromatic heterocycles. The predicted octanol–water partition coefficient (Wildman–Crippen LogP) is 3.06. The van der Waals surface area contributed by atoms with Gasteiger partial charge in [-0.05, 0) is 47.6 Å². The molecule has 6 heteroatoms. The first-order chi connectivity index (χ1) is 16.0. The van der Waals surface area contributed by atoms with Crippen molar-refractivity contribution < 1.29 is 9.59 Å². The van der Waals surface area contributed by atoms with Crippen LogP contribution >= 0.6 is 0 Å². The topological polar surface area (TPSA) is 73.5 Å². The molecule has 6 nitrogen and oxygen atoms in total. The molecule has 5 rings (SSSR count). The fourth-order valence-electron chi connectivity index (χ4n) is 4.98. The summed E-state index contributed by atoms with van der Waals surface area (Å²) >= 11 is 0. The van der Waals surface area contributed by atoms with Crippen molar-refractivity contribution in [3.05, 3.63) is 93.4 Å². The Morgan fingerprint density at radius 3 is 2.58 bits per heavy atom. The Morgan fingerprint density at radius 1 is 1.00 bits per heavy atom. The van der Waals surface area contributed by atoms with E-state index in [1.807, 2.05) is 54.6 Å². The Bertz CT molecular complexity index is 1270. The molecule has 1 atom stereocenters. The highest BCUT2D eigenvalue weighted by molar-refractivity contribution is 5.98. The number of aromatic nitrogens is 1. The number of fused-ring (bicyclic) bond motifs is 1. The molecule has 1 aliphatic carbocycles. The molecular formula is C27H27N3O3. The minimum atomic E-state index is -0.659. The number of pyridine rings is 1. The highest BCUT2D eigenvalue weighted by Crippen LogP contribution is 2.27. The van der Waals surface area contributed by atoms with E-state index in [0.29, 0.717) is 19.5 Å². The summed E-state index contributed by atoms with van der Waals surface area (Å²) < 4.78 is 0. The lowest BCUT2D eigenvalue weighted by Gasteiger charge is -2.39. The summed E-state index contributed by atoms with van der Waals surface area (Å²) in [6, 6.07) is 19.1. The summed E-state index contributed by atoms with van der Waals surface area (Å²) in [6.45, 7) is 0.847. The second-order valence-electron chi connectivity index (χ2n) is 8.87. The number of piperazine rings is 1. The SMILES string of the molecule is CN1CCN(C(=O)c2cc3c([nH]c2=O)CCC3)[C@@H](Cc2ccccc2-c2ccccc2)C1=O. The summed E-state index contributed by atoms with van der Waals surface area (Å²) in [4.78, 5) is 45.7. The Balaban J connectivity index is 1.50. The van der Waals surface area contributed by atoms with Crippen molar-refractivity contribution in [1.29, 1.82) is 0 Å². The maximum absolute atomic E-state index is 13.6. The summed E-state index contributed by atoms with van der Waals surface area (Å²) in [6.07, 6.45) is 3.07. The Labute approximate surface area is 192 Å². The van der Waals surface area contributed by atoms with Crippen LogP contribution < -0.4 is 5.56 Å². The van der Waals surface area contributed by atoms with Gasteiger partial charge in [-0.15, -0.1) is 0 Å². The standard InChI is InChI=1S/C27H27N3O3/c1-29-14-15-30(26(32)22-16-20-11-7-13-23(20)28-25(22)31)24(27(29)33)17-19-10-5-6-12-21(19)18-8-3-2-4-9-18/h2-6,8-10,12,16,24H,7,11,13-15,17H2,1H3,(H,28,31)/t24-/m0/s1. The van der Waals surface area contributed by atoms with Gasteiger partial charge in [0.25, 0.3) is 11.5 Å². The number of aryl methyl sites for hydroxylation is 2. The van der Waals surface area contributed by atoms with E-state index in [9.17, 15) is 14.4 Å². The van der Waals surface area contributed by atoms with Gasteiger partial charge in [0, 0.05) is 32.3 Å². The van der Waals surface area contributed by atoms with Crippen LogP contribution in [0.25, 0.3) is 11.1 Å². The van der Waals surface area contributed by atoms with Crippen LogP contribution in [0.2, 0.25) is 0 Å². The highest BCUT2D eigenvalue weighted by atomic mass is 16.2. The van der Waals surface area contributed by atoms with Crippen molar-refractivity contribution in [2.45, 2.75) is 31.7 Å². The van der Waals surface area contributed by atoms with Crippen molar-refractivity contribution in [3.8, 4) is 11.1 Å².